The van der Waals surface area contributed by atoms with E-state index in [-0.39, 0.29) is 33.9 Å². The van der Waals surface area contributed by atoms with E-state index in [0.29, 0.717) is 0 Å². The molecule has 1 saturated carbocycles. The van der Waals surface area contributed by atoms with Gasteiger partial charge < -0.3 is 19.1 Å². The van der Waals surface area contributed by atoms with Gasteiger partial charge in [-0.15, -0.1) is 0 Å². The summed E-state index contributed by atoms with van der Waals surface area (Å²) in [4.78, 5) is 8.02. The highest BCUT2D eigenvalue weighted by Gasteiger charge is 2.61. The van der Waals surface area contributed by atoms with Crippen LogP contribution in [0.1, 0.15) is 124 Å². The van der Waals surface area contributed by atoms with Gasteiger partial charge in [-0.25, -0.2) is 0 Å². The van der Waals surface area contributed by atoms with Gasteiger partial charge in [-0.2, -0.15) is 0 Å². The summed E-state index contributed by atoms with van der Waals surface area (Å²) in [6.07, 6.45) is 4.77. The molecule has 0 bridgehead atoms. The fourth-order valence-electron chi connectivity index (χ4n) is 14.4. The van der Waals surface area contributed by atoms with Gasteiger partial charge in [0.25, 0.3) is 6.71 Å². The lowest BCUT2D eigenvalue weighted by Gasteiger charge is -2.53. The second-order valence-corrected chi connectivity index (χ2v) is 26.9. The Morgan fingerprint density at radius 1 is 0.456 bits per heavy atom. The maximum absolute atomic E-state index is 6.67. The van der Waals surface area contributed by atoms with E-state index in [1.807, 2.05) is 0 Å². The zero-order chi connectivity index (χ0) is 54.5. The van der Waals surface area contributed by atoms with Gasteiger partial charge in [-0.1, -0.05) is 197 Å². The number of rotatable bonds is 6. The number of hydrogen-bond donors (Lipinski definition) is 0. The number of hydrogen-bond acceptors (Lipinski definition) is 4. The lowest BCUT2D eigenvalue weighted by atomic mass is 9.33. The lowest BCUT2D eigenvalue weighted by Crippen LogP contribution is -2.64. The van der Waals surface area contributed by atoms with E-state index < -0.39 is 0 Å². The second-order valence-electron chi connectivity index (χ2n) is 26.9. The van der Waals surface area contributed by atoms with Crippen LogP contribution in [0.2, 0.25) is 0 Å². The molecular formula is C74H72BN3O. The minimum atomic E-state index is -0.130. The van der Waals surface area contributed by atoms with Gasteiger partial charge in [0, 0.05) is 67.6 Å². The van der Waals surface area contributed by atoms with E-state index in [9.17, 15) is 0 Å². The molecule has 1 aromatic heterocycles. The van der Waals surface area contributed by atoms with Crippen LogP contribution in [0, 0.1) is 0 Å². The highest BCUT2D eigenvalue weighted by Crippen LogP contribution is 2.63. The topological polar surface area (TPSA) is 22.9 Å². The first-order valence-corrected chi connectivity index (χ1v) is 29.0. The van der Waals surface area contributed by atoms with Gasteiger partial charge in [-0.05, 0) is 158 Å². The van der Waals surface area contributed by atoms with Crippen LogP contribution in [0.3, 0.4) is 0 Å². The number of nitrogens with zero attached hydrogens (tertiary/aromatic N) is 3. The molecule has 2 atom stereocenters. The third-order valence-electron chi connectivity index (χ3n) is 19.0. The van der Waals surface area contributed by atoms with Gasteiger partial charge in [-0.3, -0.25) is 0 Å². The highest BCUT2D eigenvalue weighted by atomic mass is 16.3. The zero-order valence-corrected chi connectivity index (χ0v) is 48.1. The average Bonchev–Trinajstić information content (AvgIpc) is 3.00. The molecule has 0 N–H and O–H groups in total. The van der Waals surface area contributed by atoms with Crippen molar-refractivity contribution in [3.05, 3.63) is 210 Å². The highest BCUT2D eigenvalue weighted by molar-refractivity contribution is 7.00. The maximum atomic E-state index is 6.67. The average molecular weight is 1030 g/mol. The molecule has 10 aromatic rings. The van der Waals surface area contributed by atoms with Crippen LogP contribution < -0.4 is 31.1 Å². The van der Waals surface area contributed by atoms with Crippen molar-refractivity contribution in [2.45, 2.75) is 129 Å². The van der Waals surface area contributed by atoms with E-state index in [4.69, 9.17) is 4.42 Å². The second kappa shape index (κ2) is 17.4. The summed E-state index contributed by atoms with van der Waals surface area (Å²) < 4.78 is 6.67. The Morgan fingerprint density at radius 3 is 1.78 bits per heavy atom. The predicted molar refractivity (Wildman–Crippen MR) is 338 cm³/mol. The molecular weight excluding hydrogens is 958 g/mol. The first-order valence-electron chi connectivity index (χ1n) is 29.0. The molecule has 0 radical (unpaired) electrons. The summed E-state index contributed by atoms with van der Waals surface area (Å²) in [5, 5.41) is 2.25. The molecule has 1 fully saturated rings. The van der Waals surface area contributed by atoms with E-state index in [0.717, 1.165) is 45.4 Å². The number of furan rings is 1. The van der Waals surface area contributed by atoms with Gasteiger partial charge in [0.15, 0.2) is 0 Å². The molecule has 0 spiro atoms. The van der Waals surface area contributed by atoms with Crippen molar-refractivity contribution in [3.8, 4) is 22.3 Å². The molecule has 4 nitrogen and oxygen atoms in total. The first-order chi connectivity index (χ1) is 37.8. The Bertz CT molecular complexity index is 4080. The molecule has 4 aliphatic rings. The van der Waals surface area contributed by atoms with Crippen LogP contribution in [0.25, 0.3) is 44.2 Å². The van der Waals surface area contributed by atoms with E-state index in [1.165, 1.54) is 109 Å². The third kappa shape index (κ3) is 7.54. The van der Waals surface area contributed by atoms with Gasteiger partial charge in [0.1, 0.15) is 11.2 Å². The van der Waals surface area contributed by atoms with Crippen molar-refractivity contribution in [2.24, 2.45) is 0 Å². The van der Waals surface area contributed by atoms with Gasteiger partial charge in [0.05, 0.1) is 11.2 Å². The lowest BCUT2D eigenvalue weighted by molar-refractivity contribution is 0.195. The van der Waals surface area contributed by atoms with Gasteiger partial charge >= 0.3 is 0 Å². The molecule has 9 aromatic carbocycles. The molecule has 1 aliphatic carbocycles. The Morgan fingerprint density at radius 2 is 1.06 bits per heavy atom. The van der Waals surface area contributed by atoms with Crippen molar-refractivity contribution in [1.82, 2.24) is 0 Å². The summed E-state index contributed by atoms with van der Waals surface area (Å²) in [6, 6.07) is 71.8. The SMILES string of the molecule is CC(C)(C)c1ccc(N(c2ccc3c(c2)N(c2ccc(C(C)(C)C)cc2-c2ccccc2)c2cc(-c4ccccc4)cc4c2B3c2cc(C(C)(C)C)cc3c2N4C2(C)CCCCC32C)c2ccc3c(c2)oc2ccccc23)cc1. The summed E-state index contributed by atoms with van der Waals surface area (Å²) in [6.45, 7) is 26.3. The molecule has 79 heavy (non-hydrogen) atoms. The van der Waals surface area contributed by atoms with Crippen LogP contribution in [-0.2, 0) is 21.7 Å². The molecule has 0 amide bonds. The molecule has 4 heterocycles. The number of anilines is 8. The fourth-order valence-corrected chi connectivity index (χ4v) is 14.4. The molecule has 14 rings (SSSR count). The van der Waals surface area contributed by atoms with Crippen LogP contribution in [0.15, 0.2) is 192 Å². The predicted octanol–water partition coefficient (Wildman–Crippen LogP) is 18.6. The van der Waals surface area contributed by atoms with Crippen LogP contribution in [-0.4, -0.2) is 12.3 Å². The van der Waals surface area contributed by atoms with E-state index in [1.54, 1.807) is 0 Å². The number of para-hydroxylation sites is 1. The minimum Gasteiger partial charge on any atom is -0.456 e. The minimum absolute atomic E-state index is 0.000614. The van der Waals surface area contributed by atoms with Crippen molar-refractivity contribution in [1.29, 1.82) is 0 Å². The largest absolute Gasteiger partial charge is 0.456 e. The standard InChI is InChI=1S/C74H72BN3O/c1-70(2,3)50-28-31-53(32-29-50)76(55-33-35-57-56-26-18-19-27-66(56)79-67(57)46-55)54-34-36-60-63(45-54)77(62-37-30-51(71(4,5)6)42-58(62)48-24-16-13-17-25-48)64-40-49(47-22-14-12-15-23-47)41-65-68(64)75(60)61-44-52(72(7,8)9)43-59-69(61)78(65)74(11)39-21-20-38-73(59,74)10/h12-19,22-37,40-46H,20-21,38-39H2,1-11H3. The van der Waals surface area contributed by atoms with Crippen LogP contribution >= 0.6 is 0 Å². The van der Waals surface area contributed by atoms with Crippen molar-refractivity contribution in [2.75, 3.05) is 14.7 Å². The summed E-state index contributed by atoms with van der Waals surface area (Å²) in [7, 11) is 0. The molecule has 0 saturated heterocycles. The monoisotopic (exact) mass is 1030 g/mol. The maximum Gasteiger partial charge on any atom is 0.252 e. The van der Waals surface area contributed by atoms with Gasteiger partial charge in [0.2, 0.25) is 0 Å². The zero-order valence-electron chi connectivity index (χ0n) is 48.1. The van der Waals surface area contributed by atoms with Crippen LogP contribution in [0.5, 0.6) is 0 Å². The first kappa shape index (κ1) is 49.5. The smallest absolute Gasteiger partial charge is 0.252 e. The molecule has 3 aliphatic heterocycles. The van der Waals surface area contributed by atoms with E-state index >= 15 is 0 Å². The number of fused-ring (bicyclic) bond motifs is 10. The Hall–Kier alpha value is -7.76. The Kier molecular flexibility index (Phi) is 10.9. The Labute approximate surface area is 468 Å². The van der Waals surface area contributed by atoms with Crippen LogP contribution in [0.4, 0.5) is 45.5 Å². The fraction of sp³-hybridized carbons (Fsp3) is 0.270. The summed E-state index contributed by atoms with van der Waals surface area (Å²) >= 11 is 0. The molecule has 392 valence electrons. The summed E-state index contributed by atoms with van der Waals surface area (Å²) in [5.74, 6) is 0. The Balaban J connectivity index is 1.11. The normalized spacial score (nSPS) is 18.4. The summed E-state index contributed by atoms with van der Waals surface area (Å²) in [5.41, 5.74) is 25.6. The van der Waals surface area contributed by atoms with Crippen molar-refractivity contribution < 1.29 is 4.42 Å². The van der Waals surface area contributed by atoms with E-state index in [2.05, 4.69) is 279 Å². The quantitative estimate of drug-likeness (QED) is 0.155. The van der Waals surface area contributed by atoms with Crippen molar-refractivity contribution in [3.63, 3.8) is 0 Å². The number of benzene rings is 9. The van der Waals surface area contributed by atoms with Crippen molar-refractivity contribution >= 4 is 90.5 Å². The molecule has 5 heteroatoms. The molecule has 2 unspecified atom stereocenters. The third-order valence-corrected chi connectivity index (χ3v) is 19.0.